The molecular weight excluding hydrogens is 318 g/mol. The fourth-order valence-corrected chi connectivity index (χ4v) is 3.10. The minimum atomic E-state index is -3.54. The molecule has 0 amide bonds. The maximum Gasteiger partial charge on any atom is 0.249 e. The second-order valence-corrected chi connectivity index (χ2v) is 6.89. The molecule has 3 aromatic heterocycles. The molecule has 0 saturated carbocycles. The van der Waals surface area contributed by atoms with E-state index < -0.39 is 9.84 Å². The average Bonchev–Trinajstić information content (AvgIpc) is 2.99. The van der Waals surface area contributed by atoms with Gasteiger partial charge in [-0.2, -0.15) is 5.10 Å². The van der Waals surface area contributed by atoms with E-state index in [0.29, 0.717) is 16.8 Å². The van der Waals surface area contributed by atoms with Gasteiger partial charge >= 0.3 is 0 Å². The first-order valence-corrected chi connectivity index (χ1v) is 8.38. The molecule has 0 spiro atoms. The van der Waals surface area contributed by atoms with Gasteiger partial charge in [0.1, 0.15) is 11.2 Å². The topological polar surface area (TPSA) is 124 Å². The Kier molecular flexibility index (Phi) is 3.78. The largest absolute Gasteiger partial charge is 0.416 e. The molecule has 0 saturated heterocycles. The van der Waals surface area contributed by atoms with Gasteiger partial charge in [0, 0.05) is 18.0 Å². The van der Waals surface area contributed by atoms with Gasteiger partial charge in [-0.25, -0.2) is 23.4 Å². The fourth-order valence-electron chi connectivity index (χ4n) is 2.04. The molecule has 3 aromatic rings. The van der Waals surface area contributed by atoms with Crippen LogP contribution in [0.2, 0.25) is 0 Å². The van der Waals surface area contributed by atoms with E-state index in [0.717, 1.165) is 0 Å². The van der Waals surface area contributed by atoms with Crippen molar-refractivity contribution < 1.29 is 12.8 Å². The number of fused-ring (bicyclic) bond motifs is 1. The van der Waals surface area contributed by atoms with Gasteiger partial charge in [-0.1, -0.05) is 6.92 Å². The van der Waals surface area contributed by atoms with Crippen LogP contribution in [0.5, 0.6) is 0 Å². The highest BCUT2D eigenvalue weighted by atomic mass is 32.2. The molecular formula is C14H13N5O3S. The lowest BCUT2D eigenvalue weighted by Crippen LogP contribution is -2.08. The Hall–Kier alpha value is -2.81. The third kappa shape index (κ3) is 2.78. The van der Waals surface area contributed by atoms with Crippen LogP contribution in [0, 0.1) is 0 Å². The first-order chi connectivity index (χ1) is 11.0. The zero-order chi connectivity index (χ0) is 16.4. The molecule has 23 heavy (non-hydrogen) atoms. The molecule has 8 nitrogen and oxygen atoms in total. The van der Waals surface area contributed by atoms with Gasteiger partial charge < -0.3 is 10.3 Å². The third-order valence-corrected chi connectivity index (χ3v) is 4.92. The van der Waals surface area contributed by atoms with Crippen molar-refractivity contribution in [1.29, 1.82) is 0 Å². The van der Waals surface area contributed by atoms with Crippen LogP contribution >= 0.6 is 0 Å². The molecule has 9 heteroatoms. The monoisotopic (exact) mass is 331 g/mol. The summed E-state index contributed by atoms with van der Waals surface area (Å²) in [7, 11) is -3.54. The summed E-state index contributed by atoms with van der Waals surface area (Å²) in [6.07, 6.45) is 4.33. The molecule has 3 heterocycles. The molecule has 118 valence electrons. The van der Waals surface area contributed by atoms with E-state index in [1.807, 2.05) is 0 Å². The summed E-state index contributed by atoms with van der Waals surface area (Å²) in [5.41, 5.74) is 1.45. The minimum Gasteiger partial charge on any atom is -0.416 e. The second kappa shape index (κ2) is 5.76. The Morgan fingerprint density at radius 1 is 1.39 bits per heavy atom. The Morgan fingerprint density at radius 2 is 2.22 bits per heavy atom. The molecule has 0 aliphatic heterocycles. The van der Waals surface area contributed by atoms with Gasteiger partial charge in [-0.3, -0.25) is 0 Å². The molecule has 0 aliphatic rings. The van der Waals surface area contributed by atoms with Crippen molar-refractivity contribution in [3.05, 3.63) is 36.2 Å². The summed E-state index contributed by atoms with van der Waals surface area (Å²) in [6.45, 7) is 1.55. The number of nitrogens with zero attached hydrogens (tertiary/aromatic N) is 4. The van der Waals surface area contributed by atoms with Crippen LogP contribution in [0.15, 0.2) is 45.0 Å². The summed E-state index contributed by atoms with van der Waals surface area (Å²) in [6, 6.07) is 4.88. The van der Waals surface area contributed by atoms with Crippen LogP contribution in [0.4, 0.5) is 0 Å². The number of hydrogen-bond acceptors (Lipinski definition) is 8. The summed E-state index contributed by atoms with van der Waals surface area (Å²) >= 11 is 0. The molecule has 0 aromatic carbocycles. The van der Waals surface area contributed by atoms with E-state index in [1.165, 1.54) is 18.5 Å². The SMILES string of the molecule is CCS(=O)(=O)c1cc(/C=N/N)cnc1-c1nc2cccnc2o1. The van der Waals surface area contributed by atoms with E-state index in [4.69, 9.17) is 10.3 Å². The van der Waals surface area contributed by atoms with Gasteiger partial charge in [0.15, 0.2) is 9.84 Å². The number of hydrogen-bond donors (Lipinski definition) is 1. The smallest absolute Gasteiger partial charge is 0.249 e. The molecule has 0 radical (unpaired) electrons. The first kappa shape index (κ1) is 15.1. The zero-order valence-electron chi connectivity index (χ0n) is 12.2. The number of rotatable bonds is 4. The number of hydrazone groups is 1. The molecule has 3 rings (SSSR count). The summed E-state index contributed by atoms with van der Waals surface area (Å²) in [5.74, 6) is 5.12. The third-order valence-electron chi connectivity index (χ3n) is 3.18. The highest BCUT2D eigenvalue weighted by Crippen LogP contribution is 2.28. The van der Waals surface area contributed by atoms with Gasteiger partial charge in [0.2, 0.25) is 11.6 Å². The summed E-state index contributed by atoms with van der Waals surface area (Å²) in [5, 5.41) is 3.38. The lowest BCUT2D eigenvalue weighted by atomic mass is 10.2. The Bertz CT molecular complexity index is 962. The summed E-state index contributed by atoms with van der Waals surface area (Å²) in [4.78, 5) is 12.5. The van der Waals surface area contributed by atoms with Crippen molar-refractivity contribution in [2.24, 2.45) is 10.9 Å². The highest BCUT2D eigenvalue weighted by Gasteiger charge is 2.23. The van der Waals surface area contributed by atoms with E-state index in [-0.39, 0.29) is 22.2 Å². The van der Waals surface area contributed by atoms with Crippen LogP contribution in [-0.2, 0) is 9.84 Å². The predicted octanol–water partition coefficient (Wildman–Crippen LogP) is 1.37. The second-order valence-electron chi connectivity index (χ2n) is 4.64. The predicted molar refractivity (Wildman–Crippen MR) is 84.5 cm³/mol. The van der Waals surface area contributed by atoms with Crippen molar-refractivity contribution in [2.75, 3.05) is 5.75 Å². The lowest BCUT2D eigenvalue weighted by molar-refractivity contribution is 0.589. The van der Waals surface area contributed by atoms with Crippen LogP contribution < -0.4 is 5.84 Å². The van der Waals surface area contributed by atoms with Gasteiger partial charge in [0.05, 0.1) is 16.9 Å². The maximum atomic E-state index is 12.4. The van der Waals surface area contributed by atoms with Gasteiger partial charge in [0.25, 0.3) is 0 Å². The lowest BCUT2D eigenvalue weighted by Gasteiger charge is -2.06. The van der Waals surface area contributed by atoms with E-state index in [2.05, 4.69) is 20.1 Å². The number of aromatic nitrogens is 3. The van der Waals surface area contributed by atoms with E-state index in [9.17, 15) is 8.42 Å². The van der Waals surface area contributed by atoms with Crippen molar-refractivity contribution in [3.63, 3.8) is 0 Å². The zero-order valence-corrected chi connectivity index (χ0v) is 13.0. The van der Waals surface area contributed by atoms with Gasteiger partial charge in [-0.05, 0) is 18.2 Å². The Balaban J connectivity index is 2.25. The van der Waals surface area contributed by atoms with Crippen molar-refractivity contribution in [1.82, 2.24) is 15.0 Å². The number of sulfone groups is 1. The number of oxazole rings is 1. The van der Waals surface area contributed by atoms with Crippen LogP contribution in [-0.4, -0.2) is 35.3 Å². The standard InChI is InChI=1S/C14H13N5O3S/c1-2-23(20,21)11-6-9(8-18-15)7-17-12(11)14-19-10-4-3-5-16-13(10)22-14/h3-8H,2,15H2,1H3/b18-8+. The number of nitrogens with two attached hydrogens (primary N) is 1. The molecule has 0 unspecified atom stereocenters. The summed E-state index contributed by atoms with van der Waals surface area (Å²) < 4.78 is 30.3. The number of pyridine rings is 2. The molecule has 0 bridgehead atoms. The van der Waals surface area contributed by atoms with Crippen LogP contribution in [0.3, 0.4) is 0 Å². The Morgan fingerprint density at radius 3 is 2.91 bits per heavy atom. The van der Waals surface area contributed by atoms with Crippen LogP contribution in [0.1, 0.15) is 12.5 Å². The Labute approximate surface area is 132 Å². The molecule has 0 fully saturated rings. The average molecular weight is 331 g/mol. The quantitative estimate of drug-likeness (QED) is 0.435. The molecule has 0 aliphatic carbocycles. The first-order valence-electron chi connectivity index (χ1n) is 6.73. The molecule has 2 N–H and O–H groups in total. The minimum absolute atomic E-state index is 0.0176. The fraction of sp³-hybridized carbons (Fsp3) is 0.143. The van der Waals surface area contributed by atoms with Crippen LogP contribution in [0.25, 0.3) is 22.8 Å². The van der Waals surface area contributed by atoms with Gasteiger partial charge in [-0.15, -0.1) is 0 Å². The van der Waals surface area contributed by atoms with E-state index >= 15 is 0 Å². The normalized spacial score (nSPS) is 12.2. The van der Waals surface area contributed by atoms with Crippen molar-refractivity contribution in [2.45, 2.75) is 11.8 Å². The van der Waals surface area contributed by atoms with E-state index in [1.54, 1.807) is 25.3 Å². The molecule has 0 atom stereocenters. The van der Waals surface area contributed by atoms with Crippen molar-refractivity contribution >= 4 is 27.3 Å². The highest BCUT2D eigenvalue weighted by molar-refractivity contribution is 7.91. The van der Waals surface area contributed by atoms with Crippen molar-refractivity contribution in [3.8, 4) is 11.6 Å². The maximum absolute atomic E-state index is 12.4.